The number of aromatic nitrogens is 4. The summed E-state index contributed by atoms with van der Waals surface area (Å²) in [5, 5.41) is 0.0486. The van der Waals surface area contributed by atoms with Crippen molar-refractivity contribution in [2.75, 3.05) is 6.54 Å². The predicted molar refractivity (Wildman–Crippen MR) is 81.8 cm³/mol. The molecule has 0 amide bonds. The zero-order valence-electron chi connectivity index (χ0n) is 12.9. The lowest BCUT2D eigenvalue weighted by Gasteiger charge is -2.09. The Bertz CT molecular complexity index is 758. The molecule has 2 aromatic rings. The summed E-state index contributed by atoms with van der Waals surface area (Å²) in [4.78, 5) is 8.28. The summed E-state index contributed by atoms with van der Waals surface area (Å²) >= 11 is 0. The van der Waals surface area contributed by atoms with Crippen LogP contribution >= 0.6 is 0 Å². The van der Waals surface area contributed by atoms with Crippen LogP contribution in [-0.2, 0) is 30.0 Å². The summed E-state index contributed by atoms with van der Waals surface area (Å²) < 4.78 is 30.6. The smallest absolute Gasteiger partial charge is 0.259 e. The number of imidazole rings is 2. The number of hydrogen-bond acceptors (Lipinski definition) is 4. The Morgan fingerprint density at radius 2 is 2.14 bits per heavy atom. The lowest BCUT2D eigenvalue weighted by atomic mass is 10.3. The summed E-state index contributed by atoms with van der Waals surface area (Å²) in [5.41, 5.74) is 1.13. The number of rotatable bonds is 7. The summed E-state index contributed by atoms with van der Waals surface area (Å²) in [5.74, 6) is 1.70. The third kappa shape index (κ3) is 3.38. The van der Waals surface area contributed by atoms with E-state index in [1.807, 2.05) is 13.1 Å². The second-order valence-corrected chi connectivity index (χ2v) is 7.61. The van der Waals surface area contributed by atoms with Gasteiger partial charge in [-0.15, -0.1) is 0 Å². The summed E-state index contributed by atoms with van der Waals surface area (Å²) in [6.45, 7) is 3.35. The molecule has 0 atom stereocenters. The molecule has 22 heavy (non-hydrogen) atoms. The molecule has 1 aliphatic rings. The van der Waals surface area contributed by atoms with Crippen LogP contribution in [0.25, 0.3) is 0 Å². The van der Waals surface area contributed by atoms with E-state index < -0.39 is 10.0 Å². The summed E-state index contributed by atoms with van der Waals surface area (Å²) in [7, 11) is -1.81. The Balaban J connectivity index is 1.61. The molecule has 0 radical (unpaired) electrons. The fraction of sp³-hybridized carbons (Fsp3) is 0.571. The van der Waals surface area contributed by atoms with E-state index in [2.05, 4.69) is 19.3 Å². The van der Waals surface area contributed by atoms with Gasteiger partial charge in [0.15, 0.2) is 5.03 Å². The normalized spacial score (nSPS) is 15.4. The van der Waals surface area contributed by atoms with Gasteiger partial charge in [0.05, 0.1) is 6.33 Å². The second-order valence-electron chi connectivity index (χ2n) is 5.89. The molecule has 2 aromatic heterocycles. The van der Waals surface area contributed by atoms with Crippen LogP contribution in [0.4, 0.5) is 0 Å². The maximum absolute atomic E-state index is 12.1. The van der Waals surface area contributed by atoms with E-state index in [4.69, 9.17) is 0 Å². The highest BCUT2D eigenvalue weighted by Gasteiger charge is 2.23. The molecule has 0 saturated heterocycles. The number of hydrogen-bond donors (Lipinski definition) is 1. The number of nitrogens with one attached hydrogen (secondary N) is 1. The molecular formula is C14H21N5O2S. The number of sulfonamides is 1. The lowest BCUT2D eigenvalue weighted by molar-refractivity contribution is 0.565. The van der Waals surface area contributed by atoms with Gasteiger partial charge in [0.1, 0.15) is 5.82 Å². The first-order valence-corrected chi connectivity index (χ1v) is 8.92. The molecule has 2 heterocycles. The van der Waals surface area contributed by atoms with Gasteiger partial charge in [-0.25, -0.2) is 23.1 Å². The molecule has 0 bridgehead atoms. The van der Waals surface area contributed by atoms with Crippen LogP contribution in [0.3, 0.4) is 0 Å². The molecular weight excluding hydrogens is 302 g/mol. The highest BCUT2D eigenvalue weighted by atomic mass is 32.2. The van der Waals surface area contributed by atoms with E-state index >= 15 is 0 Å². The Morgan fingerprint density at radius 1 is 1.36 bits per heavy atom. The third-order valence-electron chi connectivity index (χ3n) is 3.87. The zero-order valence-corrected chi connectivity index (χ0v) is 13.7. The van der Waals surface area contributed by atoms with Crippen molar-refractivity contribution < 1.29 is 8.42 Å². The van der Waals surface area contributed by atoms with Gasteiger partial charge in [-0.2, -0.15) is 0 Å². The average Bonchev–Trinajstić information content (AvgIpc) is 3.07. The van der Waals surface area contributed by atoms with Gasteiger partial charge in [-0.1, -0.05) is 0 Å². The van der Waals surface area contributed by atoms with E-state index in [9.17, 15) is 8.42 Å². The molecule has 1 aliphatic carbocycles. The Labute approximate surface area is 130 Å². The maximum atomic E-state index is 12.1. The van der Waals surface area contributed by atoms with Crippen molar-refractivity contribution in [2.24, 2.45) is 13.0 Å². The van der Waals surface area contributed by atoms with E-state index in [1.54, 1.807) is 11.6 Å². The van der Waals surface area contributed by atoms with Gasteiger partial charge in [0.2, 0.25) is 0 Å². The minimum absolute atomic E-state index is 0.0486. The van der Waals surface area contributed by atoms with Gasteiger partial charge in [0.25, 0.3) is 10.0 Å². The second kappa shape index (κ2) is 5.85. The molecule has 1 fully saturated rings. The monoisotopic (exact) mass is 323 g/mol. The van der Waals surface area contributed by atoms with E-state index in [0.717, 1.165) is 24.0 Å². The van der Waals surface area contributed by atoms with Crippen LogP contribution < -0.4 is 4.72 Å². The standard InChI is InChI=1S/C14H21N5O2S/c1-11-7-15-13(19(11)8-12-3-4-12)5-6-17-22(20,21)14-9-18(2)10-16-14/h7,9-10,12,17H,3-6,8H2,1-2H3. The van der Waals surface area contributed by atoms with Crippen molar-refractivity contribution in [3.05, 3.63) is 30.2 Å². The Kier molecular flexibility index (Phi) is 4.05. The van der Waals surface area contributed by atoms with Crippen LogP contribution in [0.1, 0.15) is 24.4 Å². The average molecular weight is 323 g/mol. The van der Waals surface area contributed by atoms with E-state index in [0.29, 0.717) is 13.0 Å². The molecule has 0 spiro atoms. The van der Waals surface area contributed by atoms with Crippen LogP contribution in [0, 0.1) is 12.8 Å². The van der Waals surface area contributed by atoms with Gasteiger partial charge < -0.3 is 9.13 Å². The highest BCUT2D eigenvalue weighted by Crippen LogP contribution is 2.31. The van der Waals surface area contributed by atoms with E-state index in [-0.39, 0.29) is 5.03 Å². The molecule has 120 valence electrons. The van der Waals surface area contributed by atoms with Gasteiger partial charge >= 0.3 is 0 Å². The fourth-order valence-corrected chi connectivity index (χ4v) is 3.43. The predicted octanol–water partition coefficient (Wildman–Crippen LogP) is 0.856. The topological polar surface area (TPSA) is 81.8 Å². The number of aryl methyl sites for hydroxylation is 2. The maximum Gasteiger partial charge on any atom is 0.259 e. The summed E-state index contributed by atoms with van der Waals surface area (Å²) in [6.07, 6.45) is 7.95. The Morgan fingerprint density at radius 3 is 2.77 bits per heavy atom. The van der Waals surface area contributed by atoms with Crippen LogP contribution in [-0.4, -0.2) is 34.1 Å². The van der Waals surface area contributed by atoms with Crippen molar-refractivity contribution in [3.63, 3.8) is 0 Å². The van der Waals surface area contributed by atoms with Crippen molar-refractivity contribution in [3.8, 4) is 0 Å². The lowest BCUT2D eigenvalue weighted by Crippen LogP contribution is -2.27. The SMILES string of the molecule is Cc1cnc(CCNS(=O)(=O)c2cn(C)cn2)n1CC1CC1. The minimum atomic E-state index is -3.55. The number of nitrogens with zero attached hydrogens (tertiary/aromatic N) is 4. The first-order valence-electron chi connectivity index (χ1n) is 7.44. The molecule has 1 saturated carbocycles. The van der Waals surface area contributed by atoms with Crippen LogP contribution in [0.15, 0.2) is 23.7 Å². The first-order chi connectivity index (χ1) is 10.5. The third-order valence-corrected chi connectivity index (χ3v) is 5.22. The molecule has 3 rings (SSSR count). The molecule has 0 aliphatic heterocycles. The van der Waals surface area contributed by atoms with Crippen molar-refractivity contribution in [1.82, 2.24) is 23.8 Å². The van der Waals surface area contributed by atoms with Crippen molar-refractivity contribution >= 4 is 10.0 Å². The highest BCUT2D eigenvalue weighted by molar-refractivity contribution is 7.89. The first kappa shape index (κ1) is 15.2. The fourth-order valence-electron chi connectivity index (χ4n) is 2.42. The van der Waals surface area contributed by atoms with Crippen LogP contribution in [0.2, 0.25) is 0 Å². The minimum Gasteiger partial charge on any atom is -0.339 e. The van der Waals surface area contributed by atoms with Crippen LogP contribution in [0.5, 0.6) is 0 Å². The quantitative estimate of drug-likeness (QED) is 0.819. The van der Waals surface area contributed by atoms with Crippen molar-refractivity contribution in [2.45, 2.75) is 37.8 Å². The molecule has 1 N–H and O–H groups in total. The van der Waals surface area contributed by atoms with Crippen molar-refractivity contribution in [1.29, 1.82) is 0 Å². The van der Waals surface area contributed by atoms with Gasteiger partial charge in [-0.3, -0.25) is 0 Å². The zero-order chi connectivity index (χ0) is 15.7. The largest absolute Gasteiger partial charge is 0.339 e. The molecule has 0 aromatic carbocycles. The molecule has 0 unspecified atom stereocenters. The van der Waals surface area contributed by atoms with Gasteiger partial charge in [-0.05, 0) is 25.7 Å². The molecule has 8 heteroatoms. The Hall–Kier alpha value is -1.67. The van der Waals surface area contributed by atoms with E-state index in [1.165, 1.54) is 25.4 Å². The van der Waals surface area contributed by atoms with Gasteiger partial charge in [0, 0.05) is 44.6 Å². The summed E-state index contributed by atoms with van der Waals surface area (Å²) in [6, 6.07) is 0. The molecule has 7 nitrogen and oxygen atoms in total.